The third kappa shape index (κ3) is 4.36. The Hall–Kier alpha value is -3.09. The summed E-state index contributed by atoms with van der Waals surface area (Å²) in [4.78, 5) is 41.4. The van der Waals surface area contributed by atoms with Crippen LogP contribution in [0.25, 0.3) is 0 Å². The normalized spacial score (nSPS) is 11.6. The summed E-state index contributed by atoms with van der Waals surface area (Å²) in [5.74, 6) is -1.56. The SMILES string of the molecule is CCOC(=O)c1c(C)[nH]c(C(=O)O[C@H](C)C(=O)N(C)c2ccccc2)c1C. The van der Waals surface area contributed by atoms with Gasteiger partial charge in [0.25, 0.3) is 5.91 Å². The quantitative estimate of drug-likeness (QED) is 0.788. The monoisotopic (exact) mass is 372 g/mol. The molecule has 0 radical (unpaired) electrons. The molecule has 1 aromatic carbocycles. The molecule has 0 aliphatic carbocycles. The third-order valence-electron chi connectivity index (χ3n) is 4.23. The number of carbonyl (C=O) groups excluding carboxylic acids is 3. The fourth-order valence-electron chi connectivity index (χ4n) is 2.79. The molecule has 0 aliphatic heterocycles. The number of aromatic amines is 1. The Labute approximate surface area is 158 Å². The van der Waals surface area contributed by atoms with Crippen molar-refractivity contribution in [1.82, 2.24) is 4.98 Å². The molecule has 2 rings (SSSR count). The Morgan fingerprint density at radius 3 is 2.33 bits per heavy atom. The number of aryl methyl sites for hydroxylation is 1. The van der Waals surface area contributed by atoms with Gasteiger partial charge in [-0.25, -0.2) is 9.59 Å². The number of hydrogen-bond acceptors (Lipinski definition) is 5. The number of hydrogen-bond donors (Lipinski definition) is 1. The smallest absolute Gasteiger partial charge is 0.355 e. The molecular formula is C20H24N2O5. The minimum absolute atomic E-state index is 0.137. The predicted octanol–water partition coefficient (Wildman–Crippen LogP) is 3.02. The van der Waals surface area contributed by atoms with Crippen LogP contribution in [0.2, 0.25) is 0 Å². The second-order valence-electron chi connectivity index (χ2n) is 6.13. The first kappa shape index (κ1) is 20.2. The number of aromatic nitrogens is 1. The molecule has 2 aromatic rings. The number of anilines is 1. The van der Waals surface area contributed by atoms with Gasteiger partial charge in [-0.1, -0.05) is 18.2 Å². The first-order chi connectivity index (χ1) is 12.8. The molecule has 0 saturated carbocycles. The van der Waals surface area contributed by atoms with Gasteiger partial charge >= 0.3 is 11.9 Å². The van der Waals surface area contributed by atoms with Crippen molar-refractivity contribution < 1.29 is 23.9 Å². The third-order valence-corrected chi connectivity index (χ3v) is 4.23. The van der Waals surface area contributed by atoms with Crippen LogP contribution in [-0.4, -0.2) is 42.6 Å². The first-order valence-corrected chi connectivity index (χ1v) is 8.67. The standard InChI is InChI=1S/C20H24N2O5/c1-6-26-19(24)16-12(2)17(21-13(16)3)20(25)27-14(4)18(23)22(5)15-10-8-7-9-11-15/h7-11,14,21H,6H2,1-5H3/t14-/m1/s1. The van der Waals surface area contributed by atoms with Gasteiger partial charge < -0.3 is 19.4 Å². The van der Waals surface area contributed by atoms with Gasteiger partial charge in [0.15, 0.2) is 6.10 Å². The molecule has 0 saturated heterocycles. The van der Waals surface area contributed by atoms with Gasteiger partial charge in [0.1, 0.15) is 5.69 Å². The van der Waals surface area contributed by atoms with Crippen molar-refractivity contribution in [1.29, 1.82) is 0 Å². The van der Waals surface area contributed by atoms with Crippen LogP contribution in [0, 0.1) is 13.8 Å². The Bertz CT molecular complexity index is 842. The van der Waals surface area contributed by atoms with E-state index in [1.807, 2.05) is 18.2 Å². The van der Waals surface area contributed by atoms with Gasteiger partial charge in [-0.05, 0) is 45.4 Å². The summed E-state index contributed by atoms with van der Waals surface area (Å²) >= 11 is 0. The summed E-state index contributed by atoms with van der Waals surface area (Å²) in [6.07, 6.45) is -0.989. The van der Waals surface area contributed by atoms with Crippen LogP contribution in [0.1, 0.15) is 46.0 Å². The second-order valence-corrected chi connectivity index (χ2v) is 6.13. The van der Waals surface area contributed by atoms with Crippen molar-refractivity contribution in [2.75, 3.05) is 18.6 Å². The van der Waals surface area contributed by atoms with Crippen molar-refractivity contribution in [2.24, 2.45) is 0 Å². The van der Waals surface area contributed by atoms with E-state index in [-0.39, 0.29) is 18.2 Å². The van der Waals surface area contributed by atoms with E-state index in [0.29, 0.717) is 22.5 Å². The molecule has 1 aromatic heterocycles. The zero-order valence-electron chi connectivity index (χ0n) is 16.2. The lowest BCUT2D eigenvalue weighted by molar-refractivity contribution is -0.126. The number of nitrogens with one attached hydrogen (secondary N) is 1. The average molecular weight is 372 g/mol. The molecule has 27 heavy (non-hydrogen) atoms. The minimum Gasteiger partial charge on any atom is -0.462 e. The number of H-pyrrole nitrogens is 1. The van der Waals surface area contributed by atoms with E-state index in [9.17, 15) is 14.4 Å². The van der Waals surface area contributed by atoms with Crippen LogP contribution < -0.4 is 4.90 Å². The lowest BCUT2D eigenvalue weighted by Crippen LogP contribution is -2.37. The zero-order chi connectivity index (χ0) is 20.1. The molecule has 0 spiro atoms. The highest BCUT2D eigenvalue weighted by molar-refractivity contribution is 6.01. The summed E-state index contributed by atoms with van der Waals surface area (Å²) in [5.41, 5.74) is 2.09. The van der Waals surface area contributed by atoms with E-state index in [1.54, 1.807) is 40.0 Å². The molecule has 0 fully saturated rings. The summed E-state index contributed by atoms with van der Waals surface area (Å²) < 4.78 is 10.3. The fourth-order valence-corrected chi connectivity index (χ4v) is 2.79. The Kier molecular flexibility index (Phi) is 6.39. The first-order valence-electron chi connectivity index (χ1n) is 8.67. The number of carbonyl (C=O) groups is 3. The second kappa shape index (κ2) is 8.53. The average Bonchev–Trinajstić information content (AvgIpc) is 2.95. The number of para-hydroxylation sites is 1. The molecule has 1 heterocycles. The highest BCUT2D eigenvalue weighted by atomic mass is 16.5. The fraction of sp³-hybridized carbons (Fsp3) is 0.350. The highest BCUT2D eigenvalue weighted by Crippen LogP contribution is 2.21. The van der Waals surface area contributed by atoms with Gasteiger partial charge in [0, 0.05) is 18.4 Å². The Morgan fingerprint density at radius 2 is 1.74 bits per heavy atom. The van der Waals surface area contributed by atoms with Crippen molar-refractivity contribution in [3.05, 3.63) is 52.8 Å². The number of esters is 2. The molecule has 0 aliphatic rings. The van der Waals surface area contributed by atoms with Gasteiger partial charge in [0.05, 0.1) is 12.2 Å². The van der Waals surface area contributed by atoms with Crippen molar-refractivity contribution >= 4 is 23.5 Å². The Balaban J connectivity index is 2.14. The van der Waals surface area contributed by atoms with E-state index < -0.39 is 18.0 Å². The van der Waals surface area contributed by atoms with Gasteiger partial charge in [-0.2, -0.15) is 0 Å². The van der Waals surface area contributed by atoms with Crippen LogP contribution in [0.4, 0.5) is 5.69 Å². The summed E-state index contributed by atoms with van der Waals surface area (Å²) in [6, 6.07) is 9.06. The topological polar surface area (TPSA) is 88.7 Å². The predicted molar refractivity (Wildman–Crippen MR) is 101 cm³/mol. The summed E-state index contributed by atoms with van der Waals surface area (Å²) in [7, 11) is 1.62. The van der Waals surface area contributed by atoms with Crippen molar-refractivity contribution in [3.8, 4) is 0 Å². The van der Waals surface area contributed by atoms with Crippen LogP contribution in [0.3, 0.4) is 0 Å². The molecule has 0 unspecified atom stereocenters. The van der Waals surface area contributed by atoms with E-state index in [4.69, 9.17) is 9.47 Å². The minimum atomic E-state index is -0.989. The molecule has 7 heteroatoms. The molecular weight excluding hydrogens is 348 g/mol. The van der Waals surface area contributed by atoms with E-state index in [2.05, 4.69) is 4.98 Å². The number of amides is 1. The molecule has 144 valence electrons. The van der Waals surface area contributed by atoms with E-state index >= 15 is 0 Å². The van der Waals surface area contributed by atoms with Gasteiger partial charge in [-0.3, -0.25) is 4.79 Å². The van der Waals surface area contributed by atoms with E-state index in [0.717, 1.165) is 0 Å². The van der Waals surface area contributed by atoms with Gasteiger partial charge in [-0.15, -0.1) is 0 Å². The maximum Gasteiger partial charge on any atom is 0.355 e. The lowest BCUT2D eigenvalue weighted by atomic mass is 10.1. The highest BCUT2D eigenvalue weighted by Gasteiger charge is 2.27. The zero-order valence-corrected chi connectivity index (χ0v) is 16.2. The van der Waals surface area contributed by atoms with Crippen LogP contribution in [0.5, 0.6) is 0 Å². The number of ether oxygens (including phenoxy) is 2. The van der Waals surface area contributed by atoms with Crippen LogP contribution in [0.15, 0.2) is 30.3 Å². The van der Waals surface area contributed by atoms with E-state index in [1.165, 1.54) is 11.8 Å². The summed E-state index contributed by atoms with van der Waals surface area (Å²) in [6.45, 7) is 6.76. The van der Waals surface area contributed by atoms with Crippen LogP contribution in [-0.2, 0) is 14.3 Å². The number of rotatable bonds is 6. The molecule has 7 nitrogen and oxygen atoms in total. The molecule has 1 atom stereocenters. The van der Waals surface area contributed by atoms with Crippen molar-refractivity contribution in [3.63, 3.8) is 0 Å². The number of likely N-dealkylation sites (N-methyl/N-ethyl adjacent to an activating group) is 1. The Morgan fingerprint density at radius 1 is 1.11 bits per heavy atom. The lowest BCUT2D eigenvalue weighted by Gasteiger charge is -2.21. The maximum atomic E-state index is 12.5. The molecule has 0 bridgehead atoms. The summed E-state index contributed by atoms with van der Waals surface area (Å²) in [5, 5.41) is 0. The van der Waals surface area contributed by atoms with Crippen LogP contribution >= 0.6 is 0 Å². The van der Waals surface area contributed by atoms with Gasteiger partial charge in [0.2, 0.25) is 0 Å². The molecule has 1 N–H and O–H groups in total. The largest absolute Gasteiger partial charge is 0.462 e. The number of benzene rings is 1. The maximum absolute atomic E-state index is 12.5. The van der Waals surface area contributed by atoms with Crippen molar-refractivity contribution in [2.45, 2.75) is 33.8 Å². The number of nitrogens with zero attached hydrogens (tertiary/aromatic N) is 1. The molecule has 1 amide bonds.